The fourth-order valence-electron chi connectivity index (χ4n) is 2.74. The number of piperidine rings is 1. The van der Waals surface area contributed by atoms with E-state index in [1.54, 1.807) is 11.8 Å². The van der Waals surface area contributed by atoms with Gasteiger partial charge in [0.15, 0.2) is 0 Å². The molecule has 120 valence electrons. The van der Waals surface area contributed by atoms with E-state index in [4.69, 9.17) is 10.5 Å². The second kappa shape index (κ2) is 7.79. The van der Waals surface area contributed by atoms with E-state index in [1.807, 2.05) is 30.3 Å². The Morgan fingerprint density at radius 3 is 2.73 bits per heavy atom. The Labute approximate surface area is 130 Å². The standard InChI is InChI=1S/C16H23N3O3/c1-2-22-15(20)9-12-8-13(17)11-19(10-12)16(21)18-14-6-4-3-5-7-14/h3-7,12-13H,2,8-11,17H2,1H3,(H,18,21). The third kappa shape index (κ3) is 4.73. The Bertz CT molecular complexity index is 507. The van der Waals surface area contributed by atoms with Crippen LogP contribution in [0.25, 0.3) is 0 Å². The molecule has 1 saturated heterocycles. The van der Waals surface area contributed by atoms with E-state index < -0.39 is 0 Å². The van der Waals surface area contributed by atoms with Crippen molar-refractivity contribution in [1.82, 2.24) is 4.90 Å². The van der Waals surface area contributed by atoms with Crippen LogP contribution < -0.4 is 11.1 Å². The van der Waals surface area contributed by atoms with Crippen molar-refractivity contribution in [3.8, 4) is 0 Å². The highest BCUT2D eigenvalue weighted by atomic mass is 16.5. The predicted molar refractivity (Wildman–Crippen MR) is 84.4 cm³/mol. The molecule has 22 heavy (non-hydrogen) atoms. The highest BCUT2D eigenvalue weighted by molar-refractivity contribution is 5.89. The molecule has 1 aromatic rings. The maximum atomic E-state index is 12.3. The van der Waals surface area contributed by atoms with Crippen LogP contribution in [0.4, 0.5) is 10.5 Å². The van der Waals surface area contributed by atoms with Crippen LogP contribution in [0.3, 0.4) is 0 Å². The smallest absolute Gasteiger partial charge is 0.321 e. The second-order valence-electron chi connectivity index (χ2n) is 5.57. The molecule has 2 rings (SSSR count). The van der Waals surface area contributed by atoms with Gasteiger partial charge < -0.3 is 20.7 Å². The average molecular weight is 305 g/mol. The van der Waals surface area contributed by atoms with Crippen molar-refractivity contribution in [2.45, 2.75) is 25.8 Å². The molecule has 0 radical (unpaired) electrons. The summed E-state index contributed by atoms with van der Waals surface area (Å²) in [6.07, 6.45) is 1.03. The molecular weight excluding hydrogens is 282 g/mol. The van der Waals surface area contributed by atoms with E-state index in [2.05, 4.69) is 5.32 Å². The van der Waals surface area contributed by atoms with Crippen LogP contribution in [0.2, 0.25) is 0 Å². The Morgan fingerprint density at radius 2 is 2.05 bits per heavy atom. The van der Waals surface area contributed by atoms with Gasteiger partial charge in [-0.1, -0.05) is 18.2 Å². The largest absolute Gasteiger partial charge is 0.466 e. The number of hydrogen-bond acceptors (Lipinski definition) is 4. The Balaban J connectivity index is 1.92. The molecule has 1 aliphatic rings. The second-order valence-corrected chi connectivity index (χ2v) is 5.57. The number of hydrogen-bond donors (Lipinski definition) is 2. The number of ether oxygens (including phenoxy) is 1. The lowest BCUT2D eigenvalue weighted by Gasteiger charge is -2.35. The first kappa shape index (κ1) is 16.3. The van der Waals surface area contributed by atoms with E-state index >= 15 is 0 Å². The number of amides is 2. The lowest BCUT2D eigenvalue weighted by Crippen LogP contribution is -2.51. The molecule has 1 heterocycles. The van der Waals surface area contributed by atoms with Crippen molar-refractivity contribution in [1.29, 1.82) is 0 Å². The van der Waals surface area contributed by atoms with Crippen LogP contribution in [0.1, 0.15) is 19.8 Å². The van der Waals surface area contributed by atoms with Gasteiger partial charge in [-0.2, -0.15) is 0 Å². The van der Waals surface area contributed by atoms with Gasteiger partial charge in [0.25, 0.3) is 0 Å². The molecule has 6 heteroatoms. The summed E-state index contributed by atoms with van der Waals surface area (Å²) in [5, 5.41) is 2.85. The number of benzene rings is 1. The lowest BCUT2D eigenvalue weighted by atomic mass is 9.92. The van der Waals surface area contributed by atoms with Gasteiger partial charge in [-0.3, -0.25) is 4.79 Å². The molecule has 2 atom stereocenters. The minimum Gasteiger partial charge on any atom is -0.466 e. The lowest BCUT2D eigenvalue weighted by molar-refractivity contribution is -0.144. The van der Waals surface area contributed by atoms with E-state index in [1.165, 1.54) is 0 Å². The van der Waals surface area contributed by atoms with Gasteiger partial charge in [-0.25, -0.2) is 4.79 Å². The topological polar surface area (TPSA) is 84.7 Å². The molecule has 2 amide bonds. The van der Waals surface area contributed by atoms with E-state index in [0.29, 0.717) is 26.1 Å². The van der Waals surface area contributed by atoms with E-state index in [-0.39, 0.29) is 24.0 Å². The summed E-state index contributed by atoms with van der Waals surface area (Å²) < 4.78 is 4.97. The number of urea groups is 1. The summed E-state index contributed by atoms with van der Waals surface area (Å²) in [6, 6.07) is 8.98. The molecule has 0 aromatic heterocycles. The zero-order valence-electron chi connectivity index (χ0n) is 12.8. The van der Waals surface area contributed by atoms with E-state index in [9.17, 15) is 9.59 Å². The highest BCUT2D eigenvalue weighted by Gasteiger charge is 2.29. The minimum absolute atomic E-state index is 0.0457. The number of rotatable bonds is 4. The summed E-state index contributed by atoms with van der Waals surface area (Å²) in [4.78, 5) is 25.6. The third-order valence-electron chi connectivity index (χ3n) is 3.64. The Hall–Kier alpha value is -2.08. The number of anilines is 1. The van der Waals surface area contributed by atoms with Crippen LogP contribution in [0, 0.1) is 5.92 Å². The fraction of sp³-hybridized carbons (Fsp3) is 0.500. The van der Waals surface area contributed by atoms with Crippen molar-refractivity contribution in [2.24, 2.45) is 11.7 Å². The maximum absolute atomic E-state index is 12.3. The number of esters is 1. The molecular formula is C16H23N3O3. The van der Waals surface area contributed by atoms with Gasteiger partial charge in [0.2, 0.25) is 0 Å². The number of para-hydroxylation sites is 1. The zero-order valence-corrected chi connectivity index (χ0v) is 12.8. The number of carbonyl (C=O) groups is 2. The van der Waals surface area contributed by atoms with Crippen molar-refractivity contribution >= 4 is 17.7 Å². The first-order valence-electron chi connectivity index (χ1n) is 7.60. The molecule has 3 N–H and O–H groups in total. The van der Waals surface area contributed by atoms with Crippen molar-refractivity contribution in [3.63, 3.8) is 0 Å². The van der Waals surface area contributed by atoms with Crippen LogP contribution in [-0.2, 0) is 9.53 Å². The molecule has 1 fully saturated rings. The molecule has 0 aliphatic carbocycles. The SMILES string of the molecule is CCOC(=O)CC1CC(N)CN(C(=O)Nc2ccccc2)C1. The van der Waals surface area contributed by atoms with Crippen molar-refractivity contribution < 1.29 is 14.3 Å². The summed E-state index contributed by atoms with van der Waals surface area (Å²) in [5.74, 6) is -0.186. The molecule has 6 nitrogen and oxygen atoms in total. The predicted octanol–water partition coefficient (Wildman–Crippen LogP) is 1.82. The van der Waals surface area contributed by atoms with E-state index in [0.717, 1.165) is 12.1 Å². The summed E-state index contributed by atoms with van der Waals surface area (Å²) >= 11 is 0. The number of carbonyl (C=O) groups excluding carboxylic acids is 2. The first-order valence-corrected chi connectivity index (χ1v) is 7.60. The van der Waals surface area contributed by atoms with Gasteiger partial charge >= 0.3 is 12.0 Å². The minimum atomic E-state index is -0.231. The fourth-order valence-corrected chi connectivity index (χ4v) is 2.74. The van der Waals surface area contributed by atoms with Crippen LogP contribution in [0.15, 0.2) is 30.3 Å². The average Bonchev–Trinajstić information content (AvgIpc) is 2.47. The van der Waals surface area contributed by atoms with Gasteiger partial charge in [-0.05, 0) is 31.4 Å². The summed E-state index contributed by atoms with van der Waals surface area (Å²) in [5.41, 5.74) is 6.77. The van der Waals surface area contributed by atoms with Gasteiger partial charge in [0, 0.05) is 24.8 Å². The monoisotopic (exact) mass is 305 g/mol. The van der Waals surface area contributed by atoms with Gasteiger partial charge in [0.05, 0.1) is 13.0 Å². The number of nitrogens with two attached hydrogens (primary N) is 1. The molecule has 0 bridgehead atoms. The number of nitrogens with one attached hydrogen (secondary N) is 1. The first-order chi connectivity index (χ1) is 10.6. The number of nitrogens with zero attached hydrogens (tertiary/aromatic N) is 1. The van der Waals surface area contributed by atoms with Crippen molar-refractivity contribution in [3.05, 3.63) is 30.3 Å². The van der Waals surface area contributed by atoms with Gasteiger partial charge in [0.1, 0.15) is 0 Å². The molecule has 0 saturated carbocycles. The third-order valence-corrected chi connectivity index (χ3v) is 3.64. The molecule has 1 aromatic carbocycles. The van der Waals surface area contributed by atoms with Gasteiger partial charge in [-0.15, -0.1) is 0 Å². The van der Waals surface area contributed by atoms with Crippen LogP contribution in [-0.4, -0.2) is 42.6 Å². The molecule has 0 spiro atoms. The van der Waals surface area contributed by atoms with Crippen LogP contribution in [0.5, 0.6) is 0 Å². The van der Waals surface area contributed by atoms with Crippen molar-refractivity contribution in [2.75, 3.05) is 25.0 Å². The maximum Gasteiger partial charge on any atom is 0.321 e. The highest BCUT2D eigenvalue weighted by Crippen LogP contribution is 2.20. The Kier molecular flexibility index (Phi) is 5.77. The van der Waals surface area contributed by atoms with Crippen LogP contribution >= 0.6 is 0 Å². The Morgan fingerprint density at radius 1 is 1.32 bits per heavy atom. The number of likely N-dealkylation sites (tertiary alicyclic amines) is 1. The normalized spacial score (nSPS) is 21.3. The quantitative estimate of drug-likeness (QED) is 0.831. The summed E-state index contributed by atoms with van der Waals surface area (Å²) in [6.45, 7) is 3.17. The molecule has 1 aliphatic heterocycles. The summed E-state index contributed by atoms with van der Waals surface area (Å²) in [7, 11) is 0. The zero-order chi connectivity index (χ0) is 15.9. The molecule has 2 unspecified atom stereocenters.